The molecule has 0 bridgehead atoms. The molecule has 0 aliphatic heterocycles. The van der Waals surface area contributed by atoms with E-state index in [0.29, 0.717) is 11.1 Å². The van der Waals surface area contributed by atoms with Gasteiger partial charge in [0.2, 0.25) is 0 Å². The van der Waals surface area contributed by atoms with Crippen LogP contribution in [0.15, 0.2) is 42.5 Å². The predicted octanol–water partition coefficient (Wildman–Crippen LogP) is 3.86. The van der Waals surface area contributed by atoms with Gasteiger partial charge in [-0.3, -0.25) is 0 Å². The van der Waals surface area contributed by atoms with E-state index in [9.17, 15) is 17.6 Å². The molecule has 2 aromatic rings. The maximum atomic E-state index is 13.4. The van der Waals surface area contributed by atoms with Crippen molar-refractivity contribution >= 4 is 0 Å². The molecule has 0 atom stereocenters. The summed E-state index contributed by atoms with van der Waals surface area (Å²) in [4.78, 5) is 0. The van der Waals surface area contributed by atoms with Crippen molar-refractivity contribution in [1.29, 1.82) is 0 Å². The lowest BCUT2D eigenvalue weighted by molar-refractivity contribution is -0.0505. The van der Waals surface area contributed by atoms with Crippen LogP contribution in [0.3, 0.4) is 0 Å². The van der Waals surface area contributed by atoms with Gasteiger partial charge in [0.05, 0.1) is 0 Å². The molecule has 0 aliphatic carbocycles. The molecule has 2 nitrogen and oxygen atoms in total. The molecular formula is C15H13F4NO. The third-order valence-electron chi connectivity index (χ3n) is 2.83. The summed E-state index contributed by atoms with van der Waals surface area (Å²) in [7, 11) is 0. The van der Waals surface area contributed by atoms with Gasteiger partial charge in [-0.1, -0.05) is 24.3 Å². The zero-order valence-electron chi connectivity index (χ0n) is 11.0. The van der Waals surface area contributed by atoms with Gasteiger partial charge in [0.15, 0.2) is 0 Å². The Hall–Kier alpha value is -2.08. The summed E-state index contributed by atoms with van der Waals surface area (Å²) < 4.78 is 55.1. The number of hydrogen-bond donors (Lipinski definition) is 1. The summed E-state index contributed by atoms with van der Waals surface area (Å²) in [5, 5.41) is 2.90. The standard InChI is InChI=1S/C15H13F4NO/c16-12-6-5-10(13(17)7-12)8-20-9-11-3-1-2-4-14(11)21-15(18)19/h1-7,15,20H,8-9H2. The van der Waals surface area contributed by atoms with Gasteiger partial charge in [0.1, 0.15) is 17.4 Å². The minimum Gasteiger partial charge on any atom is -0.434 e. The number of para-hydroxylation sites is 1. The second-order valence-electron chi connectivity index (χ2n) is 4.33. The minimum atomic E-state index is -2.90. The second-order valence-corrected chi connectivity index (χ2v) is 4.33. The molecule has 0 unspecified atom stereocenters. The summed E-state index contributed by atoms with van der Waals surface area (Å²) in [6, 6.07) is 9.63. The first-order chi connectivity index (χ1) is 10.1. The Labute approximate surface area is 119 Å². The topological polar surface area (TPSA) is 21.3 Å². The molecule has 112 valence electrons. The van der Waals surface area contributed by atoms with Crippen LogP contribution in [0.2, 0.25) is 0 Å². The van der Waals surface area contributed by atoms with E-state index in [1.54, 1.807) is 18.2 Å². The quantitative estimate of drug-likeness (QED) is 0.818. The maximum absolute atomic E-state index is 13.4. The zero-order valence-corrected chi connectivity index (χ0v) is 11.0. The first-order valence-corrected chi connectivity index (χ1v) is 6.23. The van der Waals surface area contributed by atoms with E-state index in [-0.39, 0.29) is 18.8 Å². The van der Waals surface area contributed by atoms with Crippen LogP contribution in [0.1, 0.15) is 11.1 Å². The Morgan fingerprint density at radius 2 is 1.67 bits per heavy atom. The fourth-order valence-corrected chi connectivity index (χ4v) is 1.86. The van der Waals surface area contributed by atoms with Crippen LogP contribution in [0.4, 0.5) is 17.6 Å². The van der Waals surface area contributed by atoms with Gasteiger partial charge in [-0.25, -0.2) is 8.78 Å². The number of alkyl halides is 2. The lowest BCUT2D eigenvalue weighted by Crippen LogP contribution is -2.15. The molecule has 0 saturated carbocycles. The van der Waals surface area contributed by atoms with Crippen LogP contribution >= 0.6 is 0 Å². The molecule has 1 N–H and O–H groups in total. The average molecular weight is 299 g/mol. The lowest BCUT2D eigenvalue weighted by atomic mass is 10.1. The number of ether oxygens (including phenoxy) is 1. The molecule has 0 aromatic heterocycles. The lowest BCUT2D eigenvalue weighted by Gasteiger charge is -2.11. The first-order valence-electron chi connectivity index (χ1n) is 6.23. The highest BCUT2D eigenvalue weighted by atomic mass is 19.3. The summed E-state index contributed by atoms with van der Waals surface area (Å²) in [6.45, 7) is -2.53. The Kier molecular flexibility index (Phi) is 5.16. The van der Waals surface area contributed by atoms with E-state index in [2.05, 4.69) is 10.1 Å². The number of rotatable bonds is 6. The summed E-state index contributed by atoms with van der Waals surface area (Å²) in [5.74, 6) is -1.23. The molecule has 0 spiro atoms. The highest BCUT2D eigenvalue weighted by Crippen LogP contribution is 2.20. The minimum absolute atomic E-state index is 0.0691. The van der Waals surface area contributed by atoms with E-state index in [1.165, 1.54) is 12.1 Å². The Morgan fingerprint density at radius 1 is 0.952 bits per heavy atom. The fourth-order valence-electron chi connectivity index (χ4n) is 1.86. The van der Waals surface area contributed by atoms with E-state index >= 15 is 0 Å². The largest absolute Gasteiger partial charge is 0.434 e. The van der Waals surface area contributed by atoms with Crippen molar-refractivity contribution in [1.82, 2.24) is 5.32 Å². The van der Waals surface area contributed by atoms with Crippen molar-refractivity contribution in [3.63, 3.8) is 0 Å². The van der Waals surface area contributed by atoms with Gasteiger partial charge in [0.25, 0.3) is 0 Å². The zero-order chi connectivity index (χ0) is 15.2. The molecule has 0 fully saturated rings. The maximum Gasteiger partial charge on any atom is 0.387 e. The normalized spacial score (nSPS) is 10.9. The van der Waals surface area contributed by atoms with E-state index < -0.39 is 18.2 Å². The molecule has 0 amide bonds. The number of nitrogens with one attached hydrogen (secondary N) is 1. The second kappa shape index (κ2) is 7.08. The van der Waals surface area contributed by atoms with Crippen LogP contribution in [-0.2, 0) is 13.1 Å². The van der Waals surface area contributed by atoms with Crippen molar-refractivity contribution in [3.05, 3.63) is 65.2 Å². The van der Waals surface area contributed by atoms with Crippen molar-refractivity contribution < 1.29 is 22.3 Å². The third-order valence-corrected chi connectivity index (χ3v) is 2.83. The van der Waals surface area contributed by atoms with Crippen molar-refractivity contribution in [2.24, 2.45) is 0 Å². The molecule has 0 heterocycles. The van der Waals surface area contributed by atoms with Gasteiger partial charge < -0.3 is 10.1 Å². The molecule has 0 aliphatic rings. The highest BCUT2D eigenvalue weighted by molar-refractivity contribution is 5.33. The smallest absolute Gasteiger partial charge is 0.387 e. The van der Waals surface area contributed by atoms with Crippen LogP contribution in [0.25, 0.3) is 0 Å². The van der Waals surface area contributed by atoms with E-state index in [4.69, 9.17) is 0 Å². The highest BCUT2D eigenvalue weighted by Gasteiger charge is 2.09. The van der Waals surface area contributed by atoms with Gasteiger partial charge in [-0.15, -0.1) is 0 Å². The number of halogens is 4. The van der Waals surface area contributed by atoms with Crippen LogP contribution in [0.5, 0.6) is 5.75 Å². The Bertz CT molecular complexity index is 604. The van der Waals surface area contributed by atoms with Gasteiger partial charge in [0, 0.05) is 30.3 Å². The van der Waals surface area contributed by atoms with Gasteiger partial charge in [-0.05, 0) is 12.1 Å². The third kappa shape index (κ3) is 4.46. The molecule has 21 heavy (non-hydrogen) atoms. The molecule has 6 heteroatoms. The average Bonchev–Trinajstić information content (AvgIpc) is 2.42. The van der Waals surface area contributed by atoms with Crippen LogP contribution in [-0.4, -0.2) is 6.61 Å². The molecule has 0 saturated heterocycles. The summed E-state index contributed by atoms with van der Waals surface area (Å²) in [6.07, 6.45) is 0. The summed E-state index contributed by atoms with van der Waals surface area (Å²) in [5.41, 5.74) is 0.823. The van der Waals surface area contributed by atoms with Crippen LogP contribution < -0.4 is 10.1 Å². The number of benzene rings is 2. The van der Waals surface area contributed by atoms with Crippen molar-refractivity contribution in [2.75, 3.05) is 0 Å². The molecule has 2 rings (SSSR count). The van der Waals surface area contributed by atoms with E-state index in [1.807, 2.05) is 0 Å². The fraction of sp³-hybridized carbons (Fsp3) is 0.200. The van der Waals surface area contributed by atoms with Gasteiger partial charge >= 0.3 is 6.61 Å². The number of hydrogen-bond acceptors (Lipinski definition) is 2. The Balaban J connectivity index is 1.97. The van der Waals surface area contributed by atoms with E-state index in [0.717, 1.165) is 12.1 Å². The SMILES string of the molecule is Fc1ccc(CNCc2ccccc2OC(F)F)c(F)c1. The van der Waals surface area contributed by atoms with Gasteiger partial charge in [-0.2, -0.15) is 8.78 Å². The predicted molar refractivity (Wildman–Crippen MR) is 70.0 cm³/mol. The molecule has 2 aromatic carbocycles. The Morgan fingerprint density at radius 3 is 2.38 bits per heavy atom. The van der Waals surface area contributed by atoms with Crippen molar-refractivity contribution in [2.45, 2.75) is 19.7 Å². The first kappa shape index (κ1) is 15.3. The molecular weight excluding hydrogens is 286 g/mol. The van der Waals surface area contributed by atoms with Crippen molar-refractivity contribution in [3.8, 4) is 5.75 Å². The molecule has 0 radical (unpaired) electrons. The summed E-state index contributed by atoms with van der Waals surface area (Å²) >= 11 is 0. The monoisotopic (exact) mass is 299 g/mol. The van der Waals surface area contributed by atoms with Crippen LogP contribution in [0, 0.1) is 11.6 Å².